The summed E-state index contributed by atoms with van der Waals surface area (Å²) in [6, 6.07) is 4.90. The molecule has 1 rings (SSSR count). The van der Waals surface area contributed by atoms with Crippen molar-refractivity contribution in [3.05, 3.63) is 29.6 Å². The van der Waals surface area contributed by atoms with Crippen LogP contribution in [0.1, 0.15) is 12.0 Å². The molecule has 0 aliphatic rings. The highest BCUT2D eigenvalue weighted by Gasteiger charge is 2.07. The summed E-state index contributed by atoms with van der Waals surface area (Å²) in [6.07, 6.45) is 0.382. The smallest absolute Gasteiger partial charge is 0.221 e. The third-order valence-electron chi connectivity index (χ3n) is 2.65. The van der Waals surface area contributed by atoms with Crippen LogP contribution in [-0.2, 0) is 11.3 Å². The monoisotopic (exact) mass is 239 g/mol. The molecule has 0 heterocycles. The summed E-state index contributed by atoms with van der Waals surface area (Å²) in [5, 5.41) is 2.55. The second kappa shape index (κ2) is 6.20. The van der Waals surface area contributed by atoms with Gasteiger partial charge in [-0.25, -0.2) is 4.39 Å². The molecule has 0 aliphatic carbocycles. The number of anilines is 1. The lowest BCUT2D eigenvalue weighted by Gasteiger charge is -2.19. The van der Waals surface area contributed by atoms with Crippen molar-refractivity contribution >= 4 is 11.6 Å². The van der Waals surface area contributed by atoms with Crippen LogP contribution in [0.4, 0.5) is 10.1 Å². The number of nitrogens with zero attached hydrogens (tertiary/aromatic N) is 1. The predicted molar refractivity (Wildman–Crippen MR) is 66.2 cm³/mol. The second-order valence-electron chi connectivity index (χ2n) is 3.82. The van der Waals surface area contributed by atoms with Crippen LogP contribution in [0, 0.1) is 5.82 Å². The minimum atomic E-state index is -0.309. The topological polar surface area (TPSA) is 58.4 Å². The van der Waals surface area contributed by atoms with Crippen molar-refractivity contribution in [1.82, 2.24) is 5.32 Å². The number of hydrogen-bond acceptors (Lipinski definition) is 3. The first-order valence-electron chi connectivity index (χ1n) is 5.48. The molecule has 0 radical (unpaired) electrons. The Bertz CT molecular complexity index is 395. The Balaban J connectivity index is 2.66. The number of nitrogens with two attached hydrogens (primary N) is 1. The van der Waals surface area contributed by atoms with E-state index in [0.717, 1.165) is 5.69 Å². The Morgan fingerprint density at radius 1 is 1.53 bits per heavy atom. The Morgan fingerprint density at radius 3 is 2.76 bits per heavy atom. The van der Waals surface area contributed by atoms with Crippen LogP contribution in [-0.4, -0.2) is 26.5 Å². The lowest BCUT2D eigenvalue weighted by Crippen LogP contribution is -2.26. The van der Waals surface area contributed by atoms with Crippen LogP contribution in [0.5, 0.6) is 0 Å². The standard InChI is InChI=1S/C12H18FN3O/c1-15-12(17)5-6-16(2)10-4-3-9(8-14)11(13)7-10/h3-4,7H,5-6,8,14H2,1-2H3,(H,15,17). The third kappa shape index (κ3) is 3.71. The summed E-state index contributed by atoms with van der Waals surface area (Å²) in [5.74, 6) is -0.340. The average Bonchev–Trinajstić information content (AvgIpc) is 2.35. The molecule has 1 amide bonds. The van der Waals surface area contributed by atoms with Crippen LogP contribution >= 0.6 is 0 Å². The molecule has 3 N–H and O–H groups in total. The van der Waals surface area contributed by atoms with E-state index in [0.29, 0.717) is 18.5 Å². The molecule has 0 atom stereocenters. The number of carbonyl (C=O) groups is 1. The van der Waals surface area contributed by atoms with Gasteiger partial charge in [0.05, 0.1) is 0 Å². The number of rotatable bonds is 5. The van der Waals surface area contributed by atoms with E-state index in [1.54, 1.807) is 19.2 Å². The molecule has 5 heteroatoms. The van der Waals surface area contributed by atoms with Gasteiger partial charge in [-0.3, -0.25) is 4.79 Å². The highest BCUT2D eigenvalue weighted by atomic mass is 19.1. The van der Waals surface area contributed by atoms with Crippen LogP contribution < -0.4 is 16.0 Å². The summed E-state index contributed by atoms with van der Waals surface area (Å²) in [7, 11) is 3.41. The normalized spacial score (nSPS) is 10.1. The van der Waals surface area contributed by atoms with E-state index in [2.05, 4.69) is 5.32 Å². The van der Waals surface area contributed by atoms with Gasteiger partial charge in [-0.05, 0) is 12.1 Å². The molecule has 1 aromatic carbocycles. The summed E-state index contributed by atoms with van der Waals surface area (Å²) in [6.45, 7) is 0.731. The van der Waals surface area contributed by atoms with Crippen molar-refractivity contribution in [3.63, 3.8) is 0 Å². The highest BCUT2D eigenvalue weighted by Crippen LogP contribution is 2.17. The zero-order valence-electron chi connectivity index (χ0n) is 10.2. The van der Waals surface area contributed by atoms with E-state index >= 15 is 0 Å². The van der Waals surface area contributed by atoms with Crippen molar-refractivity contribution in [1.29, 1.82) is 0 Å². The fraction of sp³-hybridized carbons (Fsp3) is 0.417. The first kappa shape index (κ1) is 13.4. The van der Waals surface area contributed by atoms with Crippen molar-refractivity contribution in [2.75, 3.05) is 25.5 Å². The van der Waals surface area contributed by atoms with Crippen molar-refractivity contribution in [2.45, 2.75) is 13.0 Å². The van der Waals surface area contributed by atoms with Crippen molar-refractivity contribution in [2.24, 2.45) is 5.73 Å². The van der Waals surface area contributed by atoms with Crippen LogP contribution in [0.3, 0.4) is 0 Å². The molecule has 0 bridgehead atoms. The van der Waals surface area contributed by atoms with E-state index in [4.69, 9.17) is 5.73 Å². The summed E-state index contributed by atoms with van der Waals surface area (Å²) < 4.78 is 13.5. The minimum absolute atomic E-state index is 0.0316. The van der Waals surface area contributed by atoms with Gasteiger partial charge in [-0.2, -0.15) is 0 Å². The molecular weight excluding hydrogens is 221 g/mol. The van der Waals surface area contributed by atoms with Gasteiger partial charge in [0.15, 0.2) is 0 Å². The number of halogens is 1. The fourth-order valence-electron chi connectivity index (χ4n) is 1.46. The van der Waals surface area contributed by atoms with E-state index in [1.165, 1.54) is 6.07 Å². The van der Waals surface area contributed by atoms with E-state index < -0.39 is 0 Å². The maximum absolute atomic E-state index is 13.5. The maximum atomic E-state index is 13.5. The summed E-state index contributed by atoms with van der Waals surface area (Å²) >= 11 is 0. The molecule has 0 fully saturated rings. The molecule has 0 saturated heterocycles. The first-order valence-corrected chi connectivity index (χ1v) is 5.48. The Morgan fingerprint density at radius 2 is 2.24 bits per heavy atom. The molecule has 17 heavy (non-hydrogen) atoms. The Hall–Kier alpha value is -1.62. The van der Waals surface area contributed by atoms with Gasteiger partial charge in [0.1, 0.15) is 5.82 Å². The molecule has 0 aromatic heterocycles. The SMILES string of the molecule is CNC(=O)CCN(C)c1ccc(CN)c(F)c1. The van der Waals surface area contributed by atoms with Gasteiger partial charge >= 0.3 is 0 Å². The zero-order valence-corrected chi connectivity index (χ0v) is 10.2. The maximum Gasteiger partial charge on any atom is 0.221 e. The van der Waals surface area contributed by atoms with Crippen molar-refractivity contribution in [3.8, 4) is 0 Å². The number of hydrogen-bond donors (Lipinski definition) is 2. The highest BCUT2D eigenvalue weighted by molar-refractivity contribution is 5.76. The molecule has 0 aliphatic heterocycles. The number of amides is 1. The van der Waals surface area contributed by atoms with Gasteiger partial charge < -0.3 is 16.0 Å². The number of carbonyl (C=O) groups excluding carboxylic acids is 1. The average molecular weight is 239 g/mol. The molecular formula is C12H18FN3O. The minimum Gasteiger partial charge on any atom is -0.374 e. The van der Waals surface area contributed by atoms with Crippen molar-refractivity contribution < 1.29 is 9.18 Å². The number of benzene rings is 1. The fourth-order valence-corrected chi connectivity index (χ4v) is 1.46. The van der Waals surface area contributed by atoms with Gasteiger partial charge in [-0.1, -0.05) is 6.07 Å². The zero-order chi connectivity index (χ0) is 12.8. The largest absolute Gasteiger partial charge is 0.374 e. The number of nitrogens with one attached hydrogen (secondary N) is 1. The quantitative estimate of drug-likeness (QED) is 0.801. The Labute approximate surface area is 101 Å². The van der Waals surface area contributed by atoms with E-state index in [-0.39, 0.29) is 18.3 Å². The van der Waals surface area contributed by atoms with Gasteiger partial charge in [0, 0.05) is 44.9 Å². The molecule has 0 spiro atoms. The van der Waals surface area contributed by atoms with E-state index in [9.17, 15) is 9.18 Å². The third-order valence-corrected chi connectivity index (χ3v) is 2.65. The van der Waals surface area contributed by atoms with Crippen LogP contribution in [0.25, 0.3) is 0 Å². The van der Waals surface area contributed by atoms with Gasteiger partial charge in [0.25, 0.3) is 0 Å². The Kier molecular flexibility index (Phi) is 4.90. The lowest BCUT2D eigenvalue weighted by molar-refractivity contribution is -0.120. The molecule has 1 aromatic rings. The predicted octanol–water partition coefficient (Wildman–Crippen LogP) is 0.857. The second-order valence-corrected chi connectivity index (χ2v) is 3.82. The van der Waals surface area contributed by atoms with Crippen LogP contribution in [0.15, 0.2) is 18.2 Å². The van der Waals surface area contributed by atoms with E-state index in [1.807, 2.05) is 11.9 Å². The lowest BCUT2D eigenvalue weighted by atomic mass is 10.2. The molecule has 94 valence electrons. The van der Waals surface area contributed by atoms with Gasteiger partial charge in [0.2, 0.25) is 5.91 Å². The molecule has 0 saturated carbocycles. The summed E-state index contributed by atoms with van der Waals surface area (Å²) in [4.78, 5) is 12.9. The van der Waals surface area contributed by atoms with Gasteiger partial charge in [-0.15, -0.1) is 0 Å². The molecule has 0 unspecified atom stereocenters. The summed E-state index contributed by atoms with van der Waals surface area (Å²) in [5.41, 5.74) is 6.62. The first-order chi connectivity index (χ1) is 8.08. The van der Waals surface area contributed by atoms with Crippen LogP contribution in [0.2, 0.25) is 0 Å². The molecule has 4 nitrogen and oxygen atoms in total.